The van der Waals surface area contributed by atoms with Gasteiger partial charge in [0.25, 0.3) is 5.91 Å². The Hall–Kier alpha value is -1.25. The summed E-state index contributed by atoms with van der Waals surface area (Å²) in [5.41, 5.74) is 0.718. The van der Waals surface area contributed by atoms with Crippen LogP contribution in [0, 0.1) is 5.92 Å². The SMILES string of the molecule is O=C(NCC1CC1)c1cc[nH]c1. The van der Waals surface area contributed by atoms with Gasteiger partial charge in [-0.15, -0.1) is 0 Å². The van der Waals surface area contributed by atoms with E-state index in [-0.39, 0.29) is 5.91 Å². The Morgan fingerprint density at radius 2 is 2.50 bits per heavy atom. The van der Waals surface area contributed by atoms with Gasteiger partial charge < -0.3 is 10.3 Å². The van der Waals surface area contributed by atoms with E-state index in [2.05, 4.69) is 10.3 Å². The van der Waals surface area contributed by atoms with Gasteiger partial charge in [-0.1, -0.05) is 0 Å². The molecule has 1 saturated carbocycles. The predicted octanol–water partition coefficient (Wildman–Crippen LogP) is 1.15. The first-order valence-electron chi connectivity index (χ1n) is 4.27. The van der Waals surface area contributed by atoms with Crippen molar-refractivity contribution in [3.8, 4) is 0 Å². The van der Waals surface area contributed by atoms with Gasteiger partial charge in [-0.2, -0.15) is 0 Å². The summed E-state index contributed by atoms with van der Waals surface area (Å²) < 4.78 is 0. The van der Waals surface area contributed by atoms with Gasteiger partial charge in [0, 0.05) is 18.9 Å². The molecule has 0 saturated heterocycles. The molecule has 2 N–H and O–H groups in total. The first-order valence-corrected chi connectivity index (χ1v) is 4.27. The molecule has 1 aliphatic carbocycles. The zero-order valence-corrected chi connectivity index (χ0v) is 6.84. The second kappa shape index (κ2) is 3.01. The summed E-state index contributed by atoms with van der Waals surface area (Å²) in [6.07, 6.45) is 6.01. The van der Waals surface area contributed by atoms with Gasteiger partial charge >= 0.3 is 0 Å². The fourth-order valence-corrected chi connectivity index (χ4v) is 1.13. The minimum atomic E-state index is 0.0307. The highest BCUT2D eigenvalue weighted by molar-refractivity contribution is 5.93. The molecule has 1 aromatic rings. The van der Waals surface area contributed by atoms with Crippen LogP contribution in [0.15, 0.2) is 18.5 Å². The van der Waals surface area contributed by atoms with Gasteiger partial charge in [-0.05, 0) is 24.8 Å². The zero-order valence-electron chi connectivity index (χ0n) is 6.84. The van der Waals surface area contributed by atoms with Crippen LogP contribution in [-0.2, 0) is 0 Å². The van der Waals surface area contributed by atoms with Crippen LogP contribution in [0.2, 0.25) is 0 Å². The largest absolute Gasteiger partial charge is 0.367 e. The smallest absolute Gasteiger partial charge is 0.252 e. The van der Waals surface area contributed by atoms with E-state index in [1.807, 2.05) is 0 Å². The molecule has 1 heterocycles. The number of amides is 1. The summed E-state index contributed by atoms with van der Waals surface area (Å²) in [7, 11) is 0. The Kier molecular flexibility index (Phi) is 1.86. The second-order valence-electron chi connectivity index (χ2n) is 3.25. The summed E-state index contributed by atoms with van der Waals surface area (Å²) in [5, 5.41) is 2.89. The fraction of sp³-hybridized carbons (Fsp3) is 0.444. The highest BCUT2D eigenvalue weighted by atomic mass is 16.1. The van der Waals surface area contributed by atoms with E-state index in [4.69, 9.17) is 0 Å². The lowest BCUT2D eigenvalue weighted by atomic mass is 10.3. The number of carbonyl (C=O) groups excluding carboxylic acids is 1. The molecule has 0 aromatic carbocycles. The van der Waals surface area contributed by atoms with Crippen LogP contribution < -0.4 is 5.32 Å². The predicted molar refractivity (Wildman–Crippen MR) is 45.8 cm³/mol. The third-order valence-corrected chi connectivity index (χ3v) is 2.11. The topological polar surface area (TPSA) is 44.9 Å². The molecular formula is C9H12N2O. The fourth-order valence-electron chi connectivity index (χ4n) is 1.13. The monoisotopic (exact) mass is 164 g/mol. The number of carbonyl (C=O) groups is 1. The normalized spacial score (nSPS) is 16.0. The first kappa shape index (κ1) is 7.40. The molecular weight excluding hydrogens is 152 g/mol. The van der Waals surface area contributed by atoms with E-state index in [0.717, 1.165) is 18.0 Å². The van der Waals surface area contributed by atoms with E-state index in [1.54, 1.807) is 18.5 Å². The summed E-state index contributed by atoms with van der Waals surface area (Å²) in [5.74, 6) is 0.774. The summed E-state index contributed by atoms with van der Waals surface area (Å²) >= 11 is 0. The summed E-state index contributed by atoms with van der Waals surface area (Å²) in [6, 6.07) is 1.78. The number of aromatic nitrogens is 1. The molecule has 3 heteroatoms. The van der Waals surface area contributed by atoms with Gasteiger partial charge in [0.1, 0.15) is 0 Å². The Morgan fingerprint density at radius 1 is 1.67 bits per heavy atom. The van der Waals surface area contributed by atoms with Crippen LogP contribution in [-0.4, -0.2) is 17.4 Å². The highest BCUT2D eigenvalue weighted by Gasteiger charge is 2.21. The Balaban J connectivity index is 1.83. The molecule has 1 fully saturated rings. The van der Waals surface area contributed by atoms with Crippen molar-refractivity contribution in [2.75, 3.05) is 6.54 Å². The molecule has 0 bridgehead atoms. The molecule has 2 rings (SSSR count). The van der Waals surface area contributed by atoms with Crippen LogP contribution in [0.25, 0.3) is 0 Å². The van der Waals surface area contributed by atoms with Crippen molar-refractivity contribution in [2.24, 2.45) is 5.92 Å². The van der Waals surface area contributed by atoms with Crippen molar-refractivity contribution in [1.29, 1.82) is 0 Å². The third-order valence-electron chi connectivity index (χ3n) is 2.11. The van der Waals surface area contributed by atoms with Gasteiger partial charge in [0.2, 0.25) is 0 Å². The number of aromatic amines is 1. The Bertz CT molecular complexity index is 262. The van der Waals surface area contributed by atoms with Crippen molar-refractivity contribution in [1.82, 2.24) is 10.3 Å². The molecule has 0 radical (unpaired) electrons. The molecule has 1 aliphatic rings. The van der Waals surface area contributed by atoms with Gasteiger partial charge in [-0.25, -0.2) is 0 Å². The Morgan fingerprint density at radius 3 is 3.08 bits per heavy atom. The number of rotatable bonds is 3. The number of hydrogen-bond donors (Lipinski definition) is 2. The standard InChI is InChI=1S/C9H12N2O/c12-9(8-3-4-10-6-8)11-5-7-1-2-7/h3-4,6-7,10H,1-2,5H2,(H,11,12). The van der Waals surface area contributed by atoms with Crippen molar-refractivity contribution in [3.63, 3.8) is 0 Å². The summed E-state index contributed by atoms with van der Waals surface area (Å²) in [6.45, 7) is 0.837. The zero-order chi connectivity index (χ0) is 8.39. The molecule has 64 valence electrons. The summed E-state index contributed by atoms with van der Waals surface area (Å²) in [4.78, 5) is 14.2. The molecule has 0 unspecified atom stereocenters. The minimum absolute atomic E-state index is 0.0307. The molecule has 0 spiro atoms. The number of H-pyrrole nitrogens is 1. The minimum Gasteiger partial charge on any atom is -0.367 e. The highest BCUT2D eigenvalue weighted by Crippen LogP contribution is 2.27. The van der Waals surface area contributed by atoms with Gasteiger partial charge in [-0.3, -0.25) is 4.79 Å². The molecule has 1 amide bonds. The maximum atomic E-state index is 11.3. The van der Waals surface area contributed by atoms with E-state index >= 15 is 0 Å². The first-order chi connectivity index (χ1) is 5.86. The van der Waals surface area contributed by atoms with Crippen LogP contribution in [0.1, 0.15) is 23.2 Å². The molecule has 12 heavy (non-hydrogen) atoms. The molecule has 0 atom stereocenters. The van der Waals surface area contributed by atoms with Gasteiger partial charge in [0.15, 0.2) is 0 Å². The maximum Gasteiger partial charge on any atom is 0.252 e. The average Bonchev–Trinajstić information content (AvgIpc) is 2.74. The van der Waals surface area contributed by atoms with Crippen molar-refractivity contribution < 1.29 is 4.79 Å². The van der Waals surface area contributed by atoms with Crippen LogP contribution in [0.5, 0.6) is 0 Å². The van der Waals surface area contributed by atoms with Crippen molar-refractivity contribution >= 4 is 5.91 Å². The average molecular weight is 164 g/mol. The maximum absolute atomic E-state index is 11.3. The molecule has 3 nitrogen and oxygen atoms in total. The Labute approximate surface area is 71.2 Å². The molecule has 0 aliphatic heterocycles. The quantitative estimate of drug-likeness (QED) is 0.691. The van der Waals surface area contributed by atoms with E-state index in [9.17, 15) is 4.79 Å². The lowest BCUT2D eigenvalue weighted by molar-refractivity contribution is 0.0952. The third kappa shape index (κ3) is 1.67. The van der Waals surface area contributed by atoms with Crippen molar-refractivity contribution in [3.05, 3.63) is 24.0 Å². The number of nitrogens with one attached hydrogen (secondary N) is 2. The number of hydrogen-bond acceptors (Lipinski definition) is 1. The second-order valence-corrected chi connectivity index (χ2v) is 3.25. The van der Waals surface area contributed by atoms with Crippen molar-refractivity contribution in [2.45, 2.75) is 12.8 Å². The molecule has 1 aromatic heterocycles. The van der Waals surface area contributed by atoms with Gasteiger partial charge in [0.05, 0.1) is 5.56 Å². The van der Waals surface area contributed by atoms with Crippen LogP contribution in [0.3, 0.4) is 0 Å². The lowest BCUT2D eigenvalue weighted by Gasteiger charge is -2.00. The van der Waals surface area contributed by atoms with E-state index in [0.29, 0.717) is 0 Å². The van der Waals surface area contributed by atoms with Crippen LogP contribution in [0.4, 0.5) is 0 Å². The lowest BCUT2D eigenvalue weighted by Crippen LogP contribution is -2.24. The van der Waals surface area contributed by atoms with E-state index < -0.39 is 0 Å². The van der Waals surface area contributed by atoms with E-state index in [1.165, 1.54) is 12.8 Å². The van der Waals surface area contributed by atoms with Crippen LogP contribution >= 0.6 is 0 Å².